The highest BCUT2D eigenvalue weighted by atomic mass is 32.2. The van der Waals surface area contributed by atoms with Crippen LogP contribution in [0.2, 0.25) is 0 Å². The molecule has 0 amide bonds. The first-order chi connectivity index (χ1) is 12.5. The maximum absolute atomic E-state index is 12.2. The van der Waals surface area contributed by atoms with Crippen LogP contribution in [0.15, 0.2) is 59.5 Å². The number of hydrogen-bond acceptors (Lipinski definition) is 4. The van der Waals surface area contributed by atoms with Gasteiger partial charge in [0.05, 0.1) is 18.1 Å². The van der Waals surface area contributed by atoms with Crippen LogP contribution in [0.3, 0.4) is 0 Å². The van der Waals surface area contributed by atoms with Crippen LogP contribution < -0.4 is 4.72 Å². The summed E-state index contributed by atoms with van der Waals surface area (Å²) in [7, 11) is -3.45. The molecule has 2 aromatic carbocycles. The van der Waals surface area contributed by atoms with Gasteiger partial charge in [-0.3, -0.25) is 0 Å². The van der Waals surface area contributed by atoms with Gasteiger partial charge in [-0.1, -0.05) is 54.1 Å². The summed E-state index contributed by atoms with van der Waals surface area (Å²) in [5, 5.41) is 0. The second-order valence-electron chi connectivity index (χ2n) is 6.14. The van der Waals surface area contributed by atoms with Crippen LogP contribution in [-0.4, -0.2) is 28.2 Å². The summed E-state index contributed by atoms with van der Waals surface area (Å²) in [5.41, 5.74) is 3.09. The largest absolute Gasteiger partial charge is 0.346 e. The number of nitrogens with one attached hydrogen (secondary N) is 1. The van der Waals surface area contributed by atoms with Crippen LogP contribution in [0.4, 0.5) is 0 Å². The molecule has 1 N–H and O–H groups in total. The molecule has 0 bridgehead atoms. The van der Waals surface area contributed by atoms with Crippen LogP contribution in [0.25, 0.3) is 6.08 Å². The molecule has 0 radical (unpaired) electrons. The van der Waals surface area contributed by atoms with Gasteiger partial charge in [0, 0.05) is 12.1 Å². The first kappa shape index (κ1) is 18.8. The van der Waals surface area contributed by atoms with Crippen molar-refractivity contribution >= 4 is 16.1 Å². The van der Waals surface area contributed by atoms with Crippen molar-refractivity contribution in [2.24, 2.45) is 0 Å². The lowest BCUT2D eigenvalue weighted by Crippen LogP contribution is -2.24. The molecule has 138 valence electrons. The molecule has 1 fully saturated rings. The molecule has 6 heteroatoms. The number of rotatable bonds is 7. The maximum atomic E-state index is 12.2. The fourth-order valence-electron chi connectivity index (χ4n) is 2.61. The van der Waals surface area contributed by atoms with Gasteiger partial charge in [-0.05, 0) is 31.0 Å². The Kier molecular flexibility index (Phi) is 6.21. The average Bonchev–Trinajstić information content (AvgIpc) is 3.17. The Morgan fingerprint density at radius 1 is 1.04 bits per heavy atom. The molecule has 0 aromatic heterocycles. The number of hydrogen-bond donors (Lipinski definition) is 1. The molecule has 0 aliphatic carbocycles. The predicted octanol–water partition coefficient (Wildman–Crippen LogP) is 3.42. The van der Waals surface area contributed by atoms with Gasteiger partial charge in [0.1, 0.15) is 0 Å². The van der Waals surface area contributed by atoms with Crippen LogP contribution in [0, 0.1) is 6.92 Å². The predicted molar refractivity (Wildman–Crippen MR) is 101 cm³/mol. The van der Waals surface area contributed by atoms with Crippen molar-refractivity contribution in [3.63, 3.8) is 0 Å². The van der Waals surface area contributed by atoms with Gasteiger partial charge in [0.25, 0.3) is 0 Å². The molecule has 1 saturated heterocycles. The van der Waals surface area contributed by atoms with Crippen molar-refractivity contribution in [2.45, 2.75) is 24.5 Å². The third kappa shape index (κ3) is 5.02. The molecule has 5 nitrogen and oxygen atoms in total. The maximum Gasteiger partial charge on any atom is 0.240 e. The van der Waals surface area contributed by atoms with Crippen molar-refractivity contribution in [1.82, 2.24) is 4.72 Å². The lowest BCUT2D eigenvalue weighted by atomic mass is 10.1. The highest BCUT2D eigenvalue weighted by Crippen LogP contribution is 2.23. The first-order valence-electron chi connectivity index (χ1n) is 8.61. The summed E-state index contributed by atoms with van der Waals surface area (Å²) in [5.74, 6) is 0. The van der Waals surface area contributed by atoms with E-state index in [0.717, 1.165) is 16.7 Å². The molecule has 1 aliphatic heterocycles. The number of aryl methyl sites for hydroxylation is 1. The second-order valence-corrected chi connectivity index (χ2v) is 7.91. The Bertz CT molecular complexity index is 836. The lowest BCUT2D eigenvalue weighted by molar-refractivity contribution is -0.0441. The Hall–Kier alpha value is -1.99. The second kappa shape index (κ2) is 8.60. The van der Waals surface area contributed by atoms with Crippen molar-refractivity contribution in [3.05, 3.63) is 71.3 Å². The third-order valence-electron chi connectivity index (χ3n) is 4.08. The topological polar surface area (TPSA) is 64.6 Å². The van der Waals surface area contributed by atoms with E-state index in [-0.39, 0.29) is 6.29 Å². The Balaban J connectivity index is 1.47. The standard InChI is InChI=1S/C20H23NO4S/c1-16-5-11-19(12-6-16)26(22,23)21-13-3-2-4-17-7-9-18(10-8-17)20-24-14-15-25-20/h2,4-12,20-21H,3,13-15H2,1H3/b4-2+. The summed E-state index contributed by atoms with van der Waals surface area (Å²) in [6, 6.07) is 14.8. The zero-order valence-electron chi connectivity index (χ0n) is 14.7. The average molecular weight is 373 g/mol. The molecule has 0 saturated carbocycles. The first-order valence-corrected chi connectivity index (χ1v) is 10.1. The Morgan fingerprint density at radius 2 is 1.69 bits per heavy atom. The van der Waals surface area contributed by atoms with Gasteiger partial charge in [0.15, 0.2) is 6.29 Å². The van der Waals surface area contributed by atoms with Gasteiger partial charge in [-0.2, -0.15) is 0 Å². The fourth-order valence-corrected chi connectivity index (χ4v) is 3.66. The van der Waals surface area contributed by atoms with E-state index >= 15 is 0 Å². The minimum absolute atomic E-state index is 0.260. The van der Waals surface area contributed by atoms with Crippen LogP contribution in [0.5, 0.6) is 0 Å². The summed E-state index contributed by atoms with van der Waals surface area (Å²) in [6.07, 6.45) is 4.28. The highest BCUT2D eigenvalue weighted by molar-refractivity contribution is 7.89. The van der Waals surface area contributed by atoms with E-state index in [1.807, 2.05) is 43.3 Å². The molecular weight excluding hydrogens is 350 g/mol. The molecule has 2 aromatic rings. The van der Waals surface area contributed by atoms with Gasteiger partial charge in [-0.25, -0.2) is 13.1 Å². The molecule has 1 heterocycles. The fraction of sp³-hybridized carbons (Fsp3) is 0.300. The minimum Gasteiger partial charge on any atom is -0.346 e. The number of sulfonamides is 1. The Labute approximate surface area is 154 Å². The number of benzene rings is 2. The van der Waals surface area contributed by atoms with Gasteiger partial charge < -0.3 is 9.47 Å². The van der Waals surface area contributed by atoms with E-state index in [0.29, 0.717) is 31.1 Å². The van der Waals surface area contributed by atoms with E-state index < -0.39 is 10.0 Å². The summed E-state index contributed by atoms with van der Waals surface area (Å²) >= 11 is 0. The summed E-state index contributed by atoms with van der Waals surface area (Å²) < 4.78 is 37.9. The van der Waals surface area contributed by atoms with E-state index in [2.05, 4.69) is 4.72 Å². The van der Waals surface area contributed by atoms with E-state index in [9.17, 15) is 8.42 Å². The molecule has 3 rings (SSSR count). The van der Waals surface area contributed by atoms with Gasteiger partial charge in [-0.15, -0.1) is 0 Å². The normalized spacial score (nSPS) is 15.7. The van der Waals surface area contributed by atoms with E-state index in [4.69, 9.17) is 9.47 Å². The van der Waals surface area contributed by atoms with Crippen LogP contribution in [0.1, 0.15) is 29.4 Å². The monoisotopic (exact) mass is 373 g/mol. The molecule has 0 atom stereocenters. The smallest absolute Gasteiger partial charge is 0.240 e. The minimum atomic E-state index is -3.45. The molecule has 26 heavy (non-hydrogen) atoms. The van der Waals surface area contributed by atoms with Crippen LogP contribution in [-0.2, 0) is 19.5 Å². The third-order valence-corrected chi connectivity index (χ3v) is 5.55. The highest BCUT2D eigenvalue weighted by Gasteiger charge is 2.17. The number of ether oxygens (including phenoxy) is 2. The quantitative estimate of drug-likeness (QED) is 0.756. The van der Waals surface area contributed by atoms with Crippen LogP contribution >= 0.6 is 0 Å². The van der Waals surface area contributed by atoms with Crippen molar-refractivity contribution in [3.8, 4) is 0 Å². The SMILES string of the molecule is Cc1ccc(S(=O)(=O)NCC/C=C/c2ccc(C3OCCO3)cc2)cc1. The Morgan fingerprint density at radius 3 is 2.35 bits per heavy atom. The molecular formula is C20H23NO4S. The van der Waals surface area contributed by atoms with Crippen molar-refractivity contribution in [2.75, 3.05) is 19.8 Å². The summed E-state index contributed by atoms with van der Waals surface area (Å²) in [6.45, 7) is 3.54. The van der Waals surface area contributed by atoms with E-state index in [1.54, 1.807) is 24.3 Å². The van der Waals surface area contributed by atoms with Gasteiger partial charge in [0.2, 0.25) is 10.0 Å². The molecule has 1 aliphatic rings. The van der Waals surface area contributed by atoms with Gasteiger partial charge >= 0.3 is 0 Å². The van der Waals surface area contributed by atoms with E-state index in [1.165, 1.54) is 0 Å². The summed E-state index contributed by atoms with van der Waals surface area (Å²) in [4.78, 5) is 0.291. The zero-order chi connectivity index (χ0) is 18.4. The van der Waals surface area contributed by atoms with Crippen molar-refractivity contribution in [1.29, 1.82) is 0 Å². The zero-order valence-corrected chi connectivity index (χ0v) is 15.5. The molecule has 0 unspecified atom stereocenters. The lowest BCUT2D eigenvalue weighted by Gasteiger charge is -2.09. The van der Waals surface area contributed by atoms with Crippen molar-refractivity contribution < 1.29 is 17.9 Å². The molecule has 0 spiro atoms.